The van der Waals surface area contributed by atoms with Crippen molar-refractivity contribution in [2.45, 2.75) is 38.5 Å². The summed E-state index contributed by atoms with van der Waals surface area (Å²) in [6.07, 6.45) is 2.43. The van der Waals surface area contributed by atoms with E-state index in [9.17, 15) is 24.3 Å². The summed E-state index contributed by atoms with van der Waals surface area (Å²) in [5.74, 6) is -2.64. The molecule has 1 aliphatic carbocycles. The molecule has 0 radical (unpaired) electrons. The Kier molecular flexibility index (Phi) is 5.57. The monoisotopic (exact) mass is 386 g/mol. The second-order valence-corrected chi connectivity index (χ2v) is 7.97. The third-order valence-corrected chi connectivity index (χ3v) is 6.01. The van der Waals surface area contributed by atoms with Crippen molar-refractivity contribution in [1.29, 1.82) is 5.26 Å². The topological polar surface area (TPSA) is 90.2 Å². The van der Waals surface area contributed by atoms with Crippen molar-refractivity contribution in [3.63, 3.8) is 0 Å². The molecule has 0 fully saturated rings. The highest BCUT2D eigenvalue weighted by atomic mass is 32.1. The molecule has 3 rings (SSSR count). The Hall–Kier alpha value is -2.72. The molecule has 0 spiro atoms. The van der Waals surface area contributed by atoms with Gasteiger partial charge in [-0.1, -0.05) is 19.1 Å². The van der Waals surface area contributed by atoms with Crippen LogP contribution in [0.1, 0.15) is 47.3 Å². The van der Waals surface area contributed by atoms with Crippen LogP contribution in [-0.4, -0.2) is 17.0 Å². The van der Waals surface area contributed by atoms with E-state index in [4.69, 9.17) is 0 Å². The van der Waals surface area contributed by atoms with Crippen molar-refractivity contribution >= 4 is 28.2 Å². The number of benzene rings is 1. The lowest BCUT2D eigenvalue weighted by atomic mass is 9.88. The third kappa shape index (κ3) is 4.17. The number of nitrogens with zero attached hydrogens (tertiary/aromatic N) is 1. The van der Waals surface area contributed by atoms with Gasteiger partial charge in [0.05, 0.1) is 11.5 Å². The molecule has 1 aromatic carbocycles. The number of anilines is 1. The van der Waals surface area contributed by atoms with Crippen molar-refractivity contribution in [1.82, 2.24) is 0 Å². The Bertz CT molecular complexity index is 915. The first-order valence-electron chi connectivity index (χ1n) is 8.71. The Morgan fingerprint density at radius 2 is 2.11 bits per heavy atom. The predicted octanol–water partition coefficient (Wildman–Crippen LogP) is 4.08. The van der Waals surface area contributed by atoms with Crippen LogP contribution < -0.4 is 5.32 Å². The molecule has 1 heterocycles. The minimum atomic E-state index is -1.16. The number of hydrogen-bond donors (Lipinski definition) is 2. The minimum absolute atomic E-state index is 0.287. The van der Waals surface area contributed by atoms with Crippen LogP contribution in [0.4, 0.5) is 9.39 Å². The molecular formula is C20H19FN2O3S. The second-order valence-electron chi connectivity index (χ2n) is 6.86. The Morgan fingerprint density at radius 1 is 1.41 bits per heavy atom. The quantitative estimate of drug-likeness (QED) is 0.810. The second kappa shape index (κ2) is 7.89. The SMILES string of the molecule is C[C@H]1CCc2c(sc(NC(=O)C[C@H](C(=O)O)c3ccc(F)cc3)c2C#N)C1. The summed E-state index contributed by atoms with van der Waals surface area (Å²) in [5.41, 5.74) is 1.85. The molecule has 140 valence electrons. The molecule has 0 unspecified atom stereocenters. The summed E-state index contributed by atoms with van der Waals surface area (Å²) in [6, 6.07) is 7.26. The molecule has 2 atom stereocenters. The average Bonchev–Trinajstić information content (AvgIpc) is 2.96. The lowest BCUT2D eigenvalue weighted by Gasteiger charge is -2.17. The summed E-state index contributed by atoms with van der Waals surface area (Å²) in [4.78, 5) is 25.1. The maximum absolute atomic E-state index is 13.1. The average molecular weight is 386 g/mol. The van der Waals surface area contributed by atoms with Gasteiger partial charge in [0, 0.05) is 11.3 Å². The molecule has 2 N–H and O–H groups in total. The molecule has 5 nitrogen and oxygen atoms in total. The summed E-state index contributed by atoms with van der Waals surface area (Å²) < 4.78 is 13.1. The first-order chi connectivity index (χ1) is 12.9. The summed E-state index contributed by atoms with van der Waals surface area (Å²) in [7, 11) is 0. The van der Waals surface area contributed by atoms with Crippen molar-refractivity contribution in [3.8, 4) is 6.07 Å². The maximum atomic E-state index is 13.1. The number of nitrogens with one attached hydrogen (secondary N) is 1. The van der Waals surface area contributed by atoms with Gasteiger partial charge >= 0.3 is 5.97 Å². The van der Waals surface area contributed by atoms with Gasteiger partial charge in [-0.2, -0.15) is 5.26 Å². The van der Waals surface area contributed by atoms with Gasteiger partial charge < -0.3 is 10.4 Å². The molecule has 7 heteroatoms. The number of aliphatic carboxylic acids is 1. The molecule has 0 saturated heterocycles. The van der Waals surface area contributed by atoms with E-state index in [1.807, 2.05) is 0 Å². The van der Waals surface area contributed by atoms with Crippen molar-refractivity contribution < 1.29 is 19.1 Å². The molecule has 1 aliphatic rings. The molecule has 2 aromatic rings. The zero-order chi connectivity index (χ0) is 19.6. The fourth-order valence-corrected chi connectivity index (χ4v) is 4.74. The summed E-state index contributed by atoms with van der Waals surface area (Å²) in [5, 5.41) is 22.2. The molecule has 27 heavy (non-hydrogen) atoms. The number of hydrogen-bond acceptors (Lipinski definition) is 4. The van der Waals surface area contributed by atoms with Crippen LogP contribution in [0.25, 0.3) is 0 Å². The van der Waals surface area contributed by atoms with Crippen LogP contribution in [0.3, 0.4) is 0 Å². The predicted molar refractivity (Wildman–Crippen MR) is 100 cm³/mol. The number of fused-ring (bicyclic) bond motifs is 1. The van der Waals surface area contributed by atoms with E-state index in [1.165, 1.54) is 35.6 Å². The summed E-state index contributed by atoms with van der Waals surface area (Å²) in [6.45, 7) is 2.16. The number of carbonyl (C=O) groups excluding carboxylic acids is 1. The first-order valence-corrected chi connectivity index (χ1v) is 9.53. The van der Waals surface area contributed by atoms with Gasteiger partial charge in [0.1, 0.15) is 16.9 Å². The number of thiophene rings is 1. The summed E-state index contributed by atoms with van der Waals surface area (Å²) >= 11 is 1.40. The number of carboxylic acids is 1. The van der Waals surface area contributed by atoms with E-state index >= 15 is 0 Å². The lowest BCUT2D eigenvalue weighted by molar-refractivity contribution is -0.140. The van der Waals surface area contributed by atoms with Crippen molar-refractivity contribution in [2.24, 2.45) is 5.92 Å². The normalized spacial score (nSPS) is 16.9. The van der Waals surface area contributed by atoms with E-state index in [2.05, 4.69) is 18.3 Å². The number of nitriles is 1. The van der Waals surface area contributed by atoms with Crippen molar-refractivity contribution in [2.75, 3.05) is 5.32 Å². The van der Waals surface area contributed by atoms with E-state index in [1.54, 1.807) is 0 Å². The molecule has 0 bridgehead atoms. The third-order valence-electron chi connectivity index (χ3n) is 4.84. The van der Waals surface area contributed by atoms with Crippen LogP contribution in [0.5, 0.6) is 0 Å². The Labute approximate surface area is 160 Å². The number of amides is 1. The number of rotatable bonds is 5. The van der Waals surface area contributed by atoms with Gasteiger partial charge in [-0.15, -0.1) is 11.3 Å². The van der Waals surface area contributed by atoms with Gasteiger partial charge in [-0.25, -0.2) is 4.39 Å². The molecular weight excluding hydrogens is 367 g/mol. The minimum Gasteiger partial charge on any atom is -0.481 e. The number of halogens is 1. The first kappa shape index (κ1) is 19.1. The van der Waals surface area contributed by atoms with E-state index in [0.29, 0.717) is 22.0 Å². The van der Waals surface area contributed by atoms with E-state index in [-0.39, 0.29) is 6.42 Å². The van der Waals surface area contributed by atoms with Gasteiger partial charge in [-0.05, 0) is 48.4 Å². The highest BCUT2D eigenvalue weighted by Crippen LogP contribution is 2.39. The van der Waals surface area contributed by atoms with Gasteiger partial charge in [0.25, 0.3) is 0 Å². The highest BCUT2D eigenvalue weighted by molar-refractivity contribution is 7.16. The zero-order valence-electron chi connectivity index (χ0n) is 14.8. The largest absolute Gasteiger partial charge is 0.481 e. The molecule has 1 amide bonds. The standard InChI is InChI=1S/C20H19FN2O3S/c1-11-2-7-14-16(10-22)19(27-17(14)8-11)23-18(24)9-15(20(25)26)12-3-5-13(21)6-4-12/h3-6,11,15H,2,7-9H2,1H3,(H,23,24)(H,25,26)/t11-,15-/m0/s1. The zero-order valence-corrected chi connectivity index (χ0v) is 15.6. The van der Waals surface area contributed by atoms with E-state index in [0.717, 1.165) is 29.7 Å². The fourth-order valence-electron chi connectivity index (χ4n) is 3.36. The fraction of sp³-hybridized carbons (Fsp3) is 0.350. The number of carbonyl (C=O) groups is 2. The number of carboxylic acid groups (broad SMARTS) is 1. The maximum Gasteiger partial charge on any atom is 0.311 e. The smallest absolute Gasteiger partial charge is 0.311 e. The van der Waals surface area contributed by atoms with Crippen LogP contribution in [0, 0.1) is 23.1 Å². The molecule has 0 aliphatic heterocycles. The van der Waals surface area contributed by atoms with E-state index < -0.39 is 23.6 Å². The molecule has 1 aromatic heterocycles. The van der Waals surface area contributed by atoms with Gasteiger partial charge in [0.15, 0.2) is 0 Å². The van der Waals surface area contributed by atoms with Crippen molar-refractivity contribution in [3.05, 3.63) is 51.7 Å². The lowest BCUT2D eigenvalue weighted by Crippen LogP contribution is -2.21. The van der Waals surface area contributed by atoms with Crippen LogP contribution >= 0.6 is 11.3 Å². The Morgan fingerprint density at radius 3 is 2.74 bits per heavy atom. The van der Waals surface area contributed by atoms with Crippen LogP contribution in [-0.2, 0) is 22.4 Å². The van der Waals surface area contributed by atoms with Crippen LogP contribution in [0.15, 0.2) is 24.3 Å². The molecule has 0 saturated carbocycles. The highest BCUT2D eigenvalue weighted by Gasteiger charge is 2.27. The Balaban J connectivity index is 1.78. The van der Waals surface area contributed by atoms with Gasteiger partial charge in [-0.3, -0.25) is 9.59 Å². The van der Waals surface area contributed by atoms with Crippen LogP contribution in [0.2, 0.25) is 0 Å². The van der Waals surface area contributed by atoms with Gasteiger partial charge in [0.2, 0.25) is 5.91 Å².